The zero-order valence-electron chi connectivity index (χ0n) is 13.7. The molecule has 0 unspecified atom stereocenters. The van der Waals surface area contributed by atoms with Crippen LogP contribution in [0.4, 0.5) is 4.39 Å². The molecule has 1 amide bonds. The Bertz CT molecular complexity index is 859. The minimum absolute atomic E-state index is 0.169. The van der Waals surface area contributed by atoms with Crippen LogP contribution in [0, 0.1) is 5.82 Å². The number of carbonyl (C=O) groups excluding carboxylic acids is 1. The second-order valence-corrected chi connectivity index (χ2v) is 5.49. The standard InChI is InChI=1S/C19H17FN2O3/c1-24-17-4-2-3-14(10-17)18-11-16(22-25-18)12-21-19(23)9-13-5-7-15(20)8-6-13/h2-8,10-11H,9,12H2,1H3,(H,21,23). The lowest BCUT2D eigenvalue weighted by Gasteiger charge is -2.03. The number of rotatable bonds is 6. The van der Waals surface area contributed by atoms with Crippen LogP contribution in [0.15, 0.2) is 59.1 Å². The summed E-state index contributed by atoms with van der Waals surface area (Å²) < 4.78 is 23.4. The third-order valence-corrected chi connectivity index (χ3v) is 3.66. The first kappa shape index (κ1) is 16.7. The van der Waals surface area contributed by atoms with Gasteiger partial charge in [0.25, 0.3) is 0 Å². The number of methoxy groups -OCH3 is 1. The molecule has 0 bridgehead atoms. The number of hydrogen-bond acceptors (Lipinski definition) is 4. The van der Waals surface area contributed by atoms with Gasteiger partial charge in [-0.2, -0.15) is 0 Å². The lowest BCUT2D eigenvalue weighted by molar-refractivity contribution is -0.120. The Labute approximate surface area is 144 Å². The molecule has 0 aliphatic heterocycles. The van der Waals surface area contributed by atoms with Gasteiger partial charge >= 0.3 is 0 Å². The molecule has 2 aromatic carbocycles. The van der Waals surface area contributed by atoms with E-state index in [1.807, 2.05) is 24.3 Å². The molecule has 0 aliphatic rings. The number of amides is 1. The highest BCUT2D eigenvalue weighted by Crippen LogP contribution is 2.24. The molecule has 0 saturated heterocycles. The Morgan fingerprint density at radius 3 is 2.76 bits per heavy atom. The number of benzene rings is 2. The molecular formula is C19H17FN2O3. The van der Waals surface area contributed by atoms with E-state index in [9.17, 15) is 9.18 Å². The van der Waals surface area contributed by atoms with E-state index in [4.69, 9.17) is 9.26 Å². The highest BCUT2D eigenvalue weighted by atomic mass is 19.1. The molecule has 25 heavy (non-hydrogen) atoms. The highest BCUT2D eigenvalue weighted by Gasteiger charge is 2.09. The summed E-state index contributed by atoms with van der Waals surface area (Å²) in [6.07, 6.45) is 0.181. The molecule has 1 aromatic heterocycles. The van der Waals surface area contributed by atoms with E-state index in [2.05, 4.69) is 10.5 Å². The number of carbonyl (C=O) groups is 1. The first-order valence-electron chi connectivity index (χ1n) is 7.75. The fourth-order valence-corrected chi connectivity index (χ4v) is 2.35. The minimum Gasteiger partial charge on any atom is -0.497 e. The summed E-state index contributed by atoms with van der Waals surface area (Å²) in [4.78, 5) is 12.0. The molecule has 6 heteroatoms. The average Bonchev–Trinajstić information content (AvgIpc) is 3.11. The van der Waals surface area contributed by atoms with Crippen molar-refractivity contribution in [2.24, 2.45) is 0 Å². The van der Waals surface area contributed by atoms with Crippen molar-refractivity contribution in [2.75, 3.05) is 7.11 Å². The van der Waals surface area contributed by atoms with E-state index in [-0.39, 0.29) is 24.7 Å². The molecule has 3 rings (SSSR count). The summed E-state index contributed by atoms with van der Waals surface area (Å²) in [5.41, 5.74) is 2.21. The van der Waals surface area contributed by atoms with Crippen LogP contribution in [0.1, 0.15) is 11.3 Å². The zero-order valence-corrected chi connectivity index (χ0v) is 13.7. The molecule has 0 atom stereocenters. The molecule has 0 saturated carbocycles. The van der Waals surface area contributed by atoms with Crippen LogP contribution in [0.25, 0.3) is 11.3 Å². The fraction of sp³-hybridized carbons (Fsp3) is 0.158. The number of aromatic nitrogens is 1. The first-order chi connectivity index (χ1) is 12.1. The molecule has 1 N–H and O–H groups in total. The Kier molecular flexibility index (Phi) is 5.09. The highest BCUT2D eigenvalue weighted by molar-refractivity contribution is 5.78. The van der Waals surface area contributed by atoms with Crippen LogP contribution >= 0.6 is 0 Å². The quantitative estimate of drug-likeness (QED) is 0.747. The minimum atomic E-state index is -0.322. The van der Waals surface area contributed by atoms with Crippen LogP contribution in [0.3, 0.4) is 0 Å². The van der Waals surface area contributed by atoms with Crippen molar-refractivity contribution in [3.63, 3.8) is 0 Å². The van der Waals surface area contributed by atoms with E-state index in [1.54, 1.807) is 25.3 Å². The smallest absolute Gasteiger partial charge is 0.224 e. The maximum absolute atomic E-state index is 12.9. The van der Waals surface area contributed by atoms with Crippen LogP contribution in [0.5, 0.6) is 5.75 Å². The predicted molar refractivity (Wildman–Crippen MR) is 90.4 cm³/mol. The van der Waals surface area contributed by atoms with Gasteiger partial charge in [-0.05, 0) is 29.8 Å². The average molecular weight is 340 g/mol. The summed E-state index contributed by atoms with van der Waals surface area (Å²) >= 11 is 0. The lowest BCUT2D eigenvalue weighted by Crippen LogP contribution is -2.24. The monoisotopic (exact) mass is 340 g/mol. The van der Waals surface area contributed by atoms with Crippen LogP contribution in [0.2, 0.25) is 0 Å². The SMILES string of the molecule is COc1cccc(-c2cc(CNC(=O)Cc3ccc(F)cc3)no2)c1. The lowest BCUT2D eigenvalue weighted by atomic mass is 10.1. The van der Waals surface area contributed by atoms with Gasteiger partial charge in [-0.1, -0.05) is 29.4 Å². The molecule has 3 aromatic rings. The van der Waals surface area contributed by atoms with Crippen molar-refractivity contribution in [3.05, 3.63) is 71.7 Å². The Morgan fingerprint density at radius 2 is 2.00 bits per heavy atom. The molecule has 128 valence electrons. The number of nitrogens with one attached hydrogen (secondary N) is 1. The van der Waals surface area contributed by atoms with Gasteiger partial charge in [-0.25, -0.2) is 4.39 Å². The third kappa shape index (κ3) is 4.44. The molecule has 0 fully saturated rings. The second-order valence-electron chi connectivity index (χ2n) is 5.49. The zero-order chi connectivity index (χ0) is 17.6. The van der Waals surface area contributed by atoms with Gasteiger partial charge in [-0.3, -0.25) is 4.79 Å². The summed E-state index contributed by atoms with van der Waals surface area (Å²) in [7, 11) is 1.60. The number of nitrogens with zero attached hydrogens (tertiary/aromatic N) is 1. The summed E-state index contributed by atoms with van der Waals surface area (Å²) in [6, 6.07) is 15.1. The summed E-state index contributed by atoms with van der Waals surface area (Å²) in [5, 5.41) is 6.73. The van der Waals surface area contributed by atoms with Crippen molar-refractivity contribution in [2.45, 2.75) is 13.0 Å². The van der Waals surface area contributed by atoms with Crippen molar-refractivity contribution in [1.82, 2.24) is 10.5 Å². The Balaban J connectivity index is 1.57. The predicted octanol–water partition coefficient (Wildman–Crippen LogP) is 3.35. The van der Waals surface area contributed by atoms with Crippen molar-refractivity contribution >= 4 is 5.91 Å². The van der Waals surface area contributed by atoms with E-state index in [0.717, 1.165) is 16.9 Å². The molecular weight excluding hydrogens is 323 g/mol. The van der Waals surface area contributed by atoms with E-state index < -0.39 is 0 Å². The van der Waals surface area contributed by atoms with Gasteiger partial charge in [0.15, 0.2) is 5.76 Å². The van der Waals surface area contributed by atoms with Crippen molar-refractivity contribution < 1.29 is 18.4 Å². The van der Waals surface area contributed by atoms with Gasteiger partial charge in [-0.15, -0.1) is 0 Å². The maximum Gasteiger partial charge on any atom is 0.224 e. The molecule has 0 spiro atoms. The summed E-state index contributed by atoms with van der Waals surface area (Å²) in [6.45, 7) is 0.257. The van der Waals surface area contributed by atoms with Crippen LogP contribution < -0.4 is 10.1 Å². The van der Waals surface area contributed by atoms with Gasteiger partial charge in [0.1, 0.15) is 17.3 Å². The van der Waals surface area contributed by atoms with E-state index in [0.29, 0.717) is 11.5 Å². The van der Waals surface area contributed by atoms with Gasteiger partial charge < -0.3 is 14.6 Å². The van der Waals surface area contributed by atoms with Crippen molar-refractivity contribution in [3.8, 4) is 17.1 Å². The number of halogens is 1. The van der Waals surface area contributed by atoms with Crippen molar-refractivity contribution in [1.29, 1.82) is 0 Å². The molecule has 0 radical (unpaired) electrons. The normalized spacial score (nSPS) is 10.5. The second kappa shape index (κ2) is 7.61. The third-order valence-electron chi connectivity index (χ3n) is 3.66. The topological polar surface area (TPSA) is 64.4 Å². The first-order valence-corrected chi connectivity index (χ1v) is 7.75. The molecule has 0 aliphatic carbocycles. The van der Waals surface area contributed by atoms with Gasteiger partial charge in [0.05, 0.1) is 20.1 Å². The van der Waals surface area contributed by atoms with Gasteiger partial charge in [0, 0.05) is 11.6 Å². The molecule has 5 nitrogen and oxygen atoms in total. The largest absolute Gasteiger partial charge is 0.497 e. The maximum atomic E-state index is 12.9. The van der Waals surface area contributed by atoms with E-state index in [1.165, 1.54) is 12.1 Å². The number of ether oxygens (including phenoxy) is 1. The Morgan fingerprint density at radius 1 is 1.20 bits per heavy atom. The molecule has 1 heterocycles. The van der Waals surface area contributed by atoms with Crippen LogP contribution in [-0.4, -0.2) is 18.2 Å². The van der Waals surface area contributed by atoms with Crippen LogP contribution in [-0.2, 0) is 17.8 Å². The van der Waals surface area contributed by atoms with E-state index >= 15 is 0 Å². The fourth-order valence-electron chi connectivity index (χ4n) is 2.35. The van der Waals surface area contributed by atoms with Gasteiger partial charge in [0.2, 0.25) is 5.91 Å². The number of hydrogen-bond donors (Lipinski definition) is 1. The Hall–Kier alpha value is -3.15. The summed E-state index contributed by atoms with van der Waals surface area (Å²) in [5.74, 6) is 0.832.